The van der Waals surface area contributed by atoms with Gasteiger partial charge in [0.15, 0.2) is 6.04 Å². The van der Waals surface area contributed by atoms with Crippen LogP contribution < -0.4 is 16.2 Å². The van der Waals surface area contributed by atoms with Crippen molar-refractivity contribution in [3.8, 4) is 0 Å². The minimum absolute atomic E-state index is 0.194. The molecule has 0 radical (unpaired) electrons. The average molecular weight is 230 g/mol. The Morgan fingerprint density at radius 2 is 1.75 bits per heavy atom. The molecule has 0 fully saturated rings. The molecule has 0 unspecified atom stereocenters. The molecule has 0 heterocycles. The molecule has 0 aliphatic carbocycles. The van der Waals surface area contributed by atoms with Gasteiger partial charge in [-0.05, 0) is 11.8 Å². The monoisotopic (exact) mass is 230 g/mol. The number of quaternary nitrogens is 1. The third-order valence-corrected chi connectivity index (χ3v) is 2.35. The van der Waals surface area contributed by atoms with E-state index in [1.807, 2.05) is 13.8 Å². The maximum atomic E-state index is 11.6. The number of carboxylic acid groups (broad SMARTS) is 1. The molecule has 0 aliphatic heterocycles. The van der Waals surface area contributed by atoms with E-state index in [2.05, 4.69) is 11.1 Å². The molecule has 0 saturated carbocycles. The highest BCUT2D eigenvalue weighted by atomic mass is 16.4. The number of carboxylic acids is 1. The molecule has 0 bridgehead atoms. The van der Waals surface area contributed by atoms with Gasteiger partial charge in [0.1, 0.15) is 0 Å². The van der Waals surface area contributed by atoms with Crippen LogP contribution in [0.5, 0.6) is 0 Å². The molecule has 94 valence electrons. The highest BCUT2D eigenvalue weighted by molar-refractivity contribution is 5.85. The summed E-state index contributed by atoms with van der Waals surface area (Å²) in [4.78, 5) is 22.4. The van der Waals surface area contributed by atoms with Crippen LogP contribution in [-0.2, 0) is 9.59 Å². The largest absolute Gasteiger partial charge is 0.548 e. The average Bonchev–Trinajstić information content (AvgIpc) is 2.11. The van der Waals surface area contributed by atoms with Gasteiger partial charge in [-0.25, -0.2) is 0 Å². The van der Waals surface area contributed by atoms with Gasteiger partial charge in [-0.2, -0.15) is 0 Å². The number of hydrogen-bond donors (Lipinski definition) is 2. The molecule has 0 aromatic rings. The molecule has 0 aliphatic rings. The molecular formula is C11H22N2O3. The van der Waals surface area contributed by atoms with Gasteiger partial charge in [0.25, 0.3) is 5.91 Å². The van der Waals surface area contributed by atoms with Gasteiger partial charge in [0, 0.05) is 6.42 Å². The Morgan fingerprint density at radius 1 is 1.25 bits per heavy atom. The Balaban J connectivity index is 4.35. The van der Waals surface area contributed by atoms with Crippen molar-refractivity contribution in [2.75, 3.05) is 0 Å². The van der Waals surface area contributed by atoms with E-state index >= 15 is 0 Å². The van der Waals surface area contributed by atoms with Crippen LogP contribution in [0.4, 0.5) is 0 Å². The Hall–Kier alpha value is -1.10. The molecule has 0 saturated heterocycles. The third-order valence-electron chi connectivity index (χ3n) is 2.35. The SMILES string of the molecule is CC(C)C[C@H]([NH3+])C(=O)N[C@@H](C(=O)[O-])C(C)C. The van der Waals surface area contributed by atoms with E-state index in [0.717, 1.165) is 0 Å². The van der Waals surface area contributed by atoms with E-state index in [1.165, 1.54) is 0 Å². The molecule has 5 nitrogen and oxygen atoms in total. The van der Waals surface area contributed by atoms with Crippen molar-refractivity contribution in [3.63, 3.8) is 0 Å². The normalized spacial score (nSPS) is 14.9. The smallest absolute Gasteiger partial charge is 0.278 e. The zero-order chi connectivity index (χ0) is 12.9. The quantitative estimate of drug-likeness (QED) is 0.583. The maximum Gasteiger partial charge on any atom is 0.278 e. The van der Waals surface area contributed by atoms with Crippen molar-refractivity contribution >= 4 is 11.9 Å². The van der Waals surface area contributed by atoms with Crippen LogP contribution in [0.1, 0.15) is 34.1 Å². The number of amides is 1. The predicted molar refractivity (Wildman–Crippen MR) is 57.9 cm³/mol. The topological polar surface area (TPSA) is 96.9 Å². The summed E-state index contributed by atoms with van der Waals surface area (Å²) >= 11 is 0. The van der Waals surface area contributed by atoms with Crippen molar-refractivity contribution in [2.45, 2.75) is 46.2 Å². The number of rotatable bonds is 6. The van der Waals surface area contributed by atoms with Crippen LogP contribution in [0.25, 0.3) is 0 Å². The lowest BCUT2D eigenvalue weighted by molar-refractivity contribution is -0.406. The van der Waals surface area contributed by atoms with Crippen LogP contribution >= 0.6 is 0 Å². The molecule has 4 N–H and O–H groups in total. The summed E-state index contributed by atoms with van der Waals surface area (Å²) in [6, 6.07) is -1.36. The fourth-order valence-corrected chi connectivity index (χ4v) is 1.44. The molecule has 0 aromatic carbocycles. The van der Waals surface area contributed by atoms with Gasteiger partial charge in [-0.1, -0.05) is 27.7 Å². The molecular weight excluding hydrogens is 208 g/mol. The third kappa shape index (κ3) is 5.11. The van der Waals surface area contributed by atoms with Gasteiger partial charge in [0.2, 0.25) is 0 Å². The summed E-state index contributed by atoms with van der Waals surface area (Å²) in [5.41, 5.74) is 3.72. The fraction of sp³-hybridized carbons (Fsp3) is 0.818. The first-order valence-electron chi connectivity index (χ1n) is 5.60. The predicted octanol–water partition coefficient (Wildman–Crippen LogP) is -1.47. The first-order chi connectivity index (χ1) is 7.25. The second-order valence-corrected chi connectivity index (χ2v) is 4.88. The first-order valence-corrected chi connectivity index (χ1v) is 5.60. The lowest BCUT2D eigenvalue weighted by Gasteiger charge is -2.24. The van der Waals surface area contributed by atoms with Crippen molar-refractivity contribution in [1.29, 1.82) is 0 Å². The summed E-state index contributed by atoms with van der Waals surface area (Å²) in [6.45, 7) is 7.43. The van der Waals surface area contributed by atoms with Crippen molar-refractivity contribution in [2.24, 2.45) is 11.8 Å². The Labute approximate surface area is 96.4 Å². The van der Waals surface area contributed by atoms with Crippen LogP contribution in [0.3, 0.4) is 0 Å². The van der Waals surface area contributed by atoms with Crippen molar-refractivity contribution in [1.82, 2.24) is 5.32 Å². The van der Waals surface area contributed by atoms with Crippen LogP contribution in [-0.4, -0.2) is 24.0 Å². The van der Waals surface area contributed by atoms with E-state index in [0.29, 0.717) is 12.3 Å². The minimum atomic E-state index is -1.25. The van der Waals surface area contributed by atoms with Gasteiger partial charge in [0.05, 0.1) is 12.0 Å². The Kier molecular flexibility index (Phi) is 6.03. The number of hydrogen-bond acceptors (Lipinski definition) is 3. The summed E-state index contributed by atoms with van der Waals surface area (Å²) in [5, 5.41) is 13.2. The van der Waals surface area contributed by atoms with Crippen LogP contribution in [0, 0.1) is 11.8 Å². The maximum absolute atomic E-state index is 11.6. The van der Waals surface area contributed by atoms with Gasteiger partial charge < -0.3 is 21.0 Å². The zero-order valence-electron chi connectivity index (χ0n) is 10.4. The van der Waals surface area contributed by atoms with E-state index < -0.39 is 18.1 Å². The van der Waals surface area contributed by atoms with Crippen molar-refractivity contribution in [3.05, 3.63) is 0 Å². The molecule has 5 heteroatoms. The minimum Gasteiger partial charge on any atom is -0.548 e. The molecule has 16 heavy (non-hydrogen) atoms. The summed E-state index contributed by atoms with van der Waals surface area (Å²) in [7, 11) is 0. The van der Waals surface area contributed by atoms with Crippen molar-refractivity contribution < 1.29 is 20.4 Å². The summed E-state index contributed by atoms with van der Waals surface area (Å²) < 4.78 is 0. The number of carbonyl (C=O) groups is 2. The fourth-order valence-electron chi connectivity index (χ4n) is 1.44. The second kappa shape index (κ2) is 6.48. The highest BCUT2D eigenvalue weighted by Gasteiger charge is 2.23. The highest BCUT2D eigenvalue weighted by Crippen LogP contribution is 2.04. The lowest BCUT2D eigenvalue weighted by Crippen LogP contribution is -2.69. The lowest BCUT2D eigenvalue weighted by atomic mass is 10.0. The molecule has 0 spiro atoms. The Bertz CT molecular complexity index is 252. The number of carbonyl (C=O) groups excluding carboxylic acids is 2. The van der Waals surface area contributed by atoms with E-state index in [9.17, 15) is 14.7 Å². The Morgan fingerprint density at radius 3 is 2.06 bits per heavy atom. The van der Waals surface area contributed by atoms with Gasteiger partial charge in [-0.3, -0.25) is 4.79 Å². The molecule has 1 amide bonds. The molecule has 0 aromatic heterocycles. The van der Waals surface area contributed by atoms with Crippen LogP contribution in [0.15, 0.2) is 0 Å². The van der Waals surface area contributed by atoms with E-state index in [1.54, 1.807) is 13.8 Å². The first kappa shape index (κ1) is 14.9. The van der Waals surface area contributed by atoms with E-state index in [4.69, 9.17) is 0 Å². The molecule has 0 rings (SSSR count). The van der Waals surface area contributed by atoms with Gasteiger partial charge in [-0.15, -0.1) is 0 Å². The summed E-state index contributed by atoms with van der Waals surface area (Å²) in [5.74, 6) is -1.41. The van der Waals surface area contributed by atoms with Crippen LogP contribution in [0.2, 0.25) is 0 Å². The summed E-state index contributed by atoms with van der Waals surface area (Å²) in [6.07, 6.45) is 0.643. The zero-order valence-corrected chi connectivity index (χ0v) is 10.4. The van der Waals surface area contributed by atoms with Gasteiger partial charge >= 0.3 is 0 Å². The second-order valence-electron chi connectivity index (χ2n) is 4.88. The number of nitrogens with one attached hydrogen (secondary N) is 1. The molecule has 2 atom stereocenters. The van der Waals surface area contributed by atoms with E-state index in [-0.39, 0.29) is 11.8 Å². The number of aliphatic carboxylic acids is 1. The standard InChI is InChI=1S/C11H22N2O3/c1-6(2)5-8(12)10(14)13-9(7(3)4)11(15)16/h6-9H,5,12H2,1-4H3,(H,13,14)(H,15,16)/t8-,9+/m0/s1.